The third kappa shape index (κ3) is 3.31. The van der Waals surface area contributed by atoms with Gasteiger partial charge in [0.2, 0.25) is 0 Å². The highest BCUT2D eigenvalue weighted by Crippen LogP contribution is 2.64. The van der Waals surface area contributed by atoms with Crippen LogP contribution in [0.15, 0.2) is 168 Å². The van der Waals surface area contributed by atoms with Crippen molar-refractivity contribution >= 4 is 60.4 Å². The zero-order valence-electron chi connectivity index (χ0n) is 25.9. The van der Waals surface area contributed by atoms with Gasteiger partial charge in [-0.3, -0.25) is 0 Å². The van der Waals surface area contributed by atoms with Gasteiger partial charge in [0, 0.05) is 27.7 Å². The first-order valence-corrected chi connectivity index (χ1v) is 17.3. The first-order chi connectivity index (χ1) is 23.8. The van der Waals surface area contributed by atoms with Gasteiger partial charge in [-0.05, 0) is 97.6 Å². The predicted molar refractivity (Wildman–Crippen MR) is 200 cm³/mol. The van der Waals surface area contributed by atoms with E-state index in [9.17, 15) is 0 Å². The summed E-state index contributed by atoms with van der Waals surface area (Å²) in [5, 5.41) is 8.14. The van der Waals surface area contributed by atoms with Crippen LogP contribution in [0.1, 0.15) is 22.3 Å². The number of para-hydroxylation sites is 1. The van der Waals surface area contributed by atoms with Crippen molar-refractivity contribution in [3.63, 3.8) is 0 Å². The normalized spacial score (nSPS) is 15.6. The fraction of sp³-hybridized carbons (Fsp3) is 0.0222. The zero-order valence-corrected chi connectivity index (χ0v) is 26.7. The van der Waals surface area contributed by atoms with E-state index in [-0.39, 0.29) is 0 Å². The molecule has 0 N–H and O–H groups in total. The van der Waals surface area contributed by atoms with E-state index in [4.69, 9.17) is 4.42 Å². The maximum absolute atomic E-state index is 6.73. The quantitative estimate of drug-likeness (QED) is 0.193. The van der Waals surface area contributed by atoms with Crippen LogP contribution in [-0.2, 0) is 5.41 Å². The molecule has 11 rings (SSSR count). The molecule has 0 amide bonds. The van der Waals surface area contributed by atoms with Crippen LogP contribution >= 0.6 is 11.3 Å². The highest BCUT2D eigenvalue weighted by molar-refractivity contribution is 7.14. The van der Waals surface area contributed by atoms with E-state index < -0.39 is 5.41 Å². The minimum Gasteiger partial charge on any atom is -0.455 e. The second kappa shape index (κ2) is 9.57. The van der Waals surface area contributed by atoms with Gasteiger partial charge >= 0.3 is 0 Å². The predicted octanol–water partition coefficient (Wildman–Crippen LogP) is 12.6. The standard InChI is InChI=1S/C45H27NOS/c1-2-11-29-26-30(20-19-28(29)10-1)46(42-18-9-25-48-42)31-21-22-33-32-12-3-6-15-37(32)45(40(33)27-31)38-16-7-4-14-36(38)43-39(45)24-23-35-34-13-5-8-17-41(34)47-44(35)43/h1-27H. The lowest BCUT2D eigenvalue weighted by Crippen LogP contribution is -2.26. The Kier molecular flexibility index (Phi) is 5.22. The minimum absolute atomic E-state index is 0.481. The first kappa shape index (κ1) is 26.2. The van der Waals surface area contributed by atoms with Crippen molar-refractivity contribution in [2.24, 2.45) is 0 Å². The molecule has 0 saturated heterocycles. The molecule has 2 heterocycles. The zero-order chi connectivity index (χ0) is 31.4. The highest BCUT2D eigenvalue weighted by atomic mass is 32.1. The van der Waals surface area contributed by atoms with E-state index in [1.54, 1.807) is 11.3 Å². The van der Waals surface area contributed by atoms with Crippen LogP contribution in [0.2, 0.25) is 0 Å². The molecule has 1 unspecified atom stereocenters. The summed E-state index contributed by atoms with van der Waals surface area (Å²) < 4.78 is 6.73. The fourth-order valence-electron chi connectivity index (χ4n) is 8.65. The van der Waals surface area contributed by atoms with Gasteiger partial charge < -0.3 is 9.32 Å². The molecule has 1 spiro atoms. The van der Waals surface area contributed by atoms with Crippen molar-refractivity contribution in [3.8, 4) is 22.3 Å². The Balaban J connectivity index is 1.22. The third-order valence-corrected chi connectivity index (χ3v) is 11.4. The summed E-state index contributed by atoms with van der Waals surface area (Å²) in [6.07, 6.45) is 0. The van der Waals surface area contributed by atoms with E-state index in [1.807, 2.05) is 0 Å². The monoisotopic (exact) mass is 629 g/mol. The smallest absolute Gasteiger partial charge is 0.143 e. The summed E-state index contributed by atoms with van der Waals surface area (Å²) >= 11 is 1.76. The Labute approximate surface area is 281 Å². The van der Waals surface area contributed by atoms with Gasteiger partial charge in [-0.2, -0.15) is 0 Å². The summed E-state index contributed by atoms with van der Waals surface area (Å²) in [5.41, 5.74) is 14.0. The summed E-state index contributed by atoms with van der Waals surface area (Å²) in [7, 11) is 0. The number of hydrogen-bond donors (Lipinski definition) is 0. The van der Waals surface area contributed by atoms with E-state index in [1.165, 1.54) is 60.3 Å². The molecule has 2 nitrogen and oxygen atoms in total. The molecule has 3 heteroatoms. The fourth-order valence-corrected chi connectivity index (χ4v) is 9.42. The molecule has 7 aromatic carbocycles. The second-order valence-electron chi connectivity index (χ2n) is 12.9. The minimum atomic E-state index is -0.481. The van der Waals surface area contributed by atoms with Gasteiger partial charge in [-0.15, -0.1) is 11.3 Å². The van der Waals surface area contributed by atoms with Crippen LogP contribution < -0.4 is 4.90 Å². The Bertz CT molecular complexity index is 2750. The summed E-state index contributed by atoms with van der Waals surface area (Å²) in [4.78, 5) is 2.41. The average Bonchev–Trinajstić information content (AvgIpc) is 3.92. The first-order valence-electron chi connectivity index (χ1n) is 16.4. The molecule has 0 fully saturated rings. The summed E-state index contributed by atoms with van der Waals surface area (Å²) in [6, 6.07) is 57.9. The SMILES string of the molecule is c1csc(N(c2ccc3c(c2)C2(c4ccccc4-3)c3ccccc3-c3c2ccc2c3oc3ccccc32)c2ccc3ccccc3c2)c1. The van der Waals surface area contributed by atoms with Crippen molar-refractivity contribution in [3.05, 3.63) is 185 Å². The van der Waals surface area contributed by atoms with E-state index >= 15 is 0 Å². The molecule has 0 radical (unpaired) electrons. The second-order valence-corrected chi connectivity index (χ2v) is 13.8. The molecule has 9 aromatic rings. The molecule has 0 bridgehead atoms. The van der Waals surface area contributed by atoms with Gasteiger partial charge in [0.25, 0.3) is 0 Å². The summed E-state index contributed by atoms with van der Waals surface area (Å²) in [6.45, 7) is 0. The Morgan fingerprint density at radius 1 is 0.479 bits per heavy atom. The van der Waals surface area contributed by atoms with Gasteiger partial charge in [-0.25, -0.2) is 0 Å². The Morgan fingerprint density at radius 3 is 2.06 bits per heavy atom. The van der Waals surface area contributed by atoms with Gasteiger partial charge in [-0.1, -0.05) is 115 Å². The number of nitrogens with zero attached hydrogens (tertiary/aromatic N) is 1. The molecule has 2 aliphatic carbocycles. The molecule has 0 aliphatic heterocycles. The van der Waals surface area contributed by atoms with Gasteiger partial charge in [0.05, 0.1) is 10.4 Å². The lowest BCUT2D eigenvalue weighted by Gasteiger charge is -2.32. The highest BCUT2D eigenvalue weighted by Gasteiger charge is 2.52. The molecule has 0 saturated carbocycles. The number of rotatable bonds is 3. The van der Waals surface area contributed by atoms with Crippen molar-refractivity contribution < 1.29 is 4.42 Å². The van der Waals surface area contributed by atoms with Crippen LogP contribution in [0, 0.1) is 0 Å². The van der Waals surface area contributed by atoms with Crippen molar-refractivity contribution in [1.82, 2.24) is 0 Å². The van der Waals surface area contributed by atoms with E-state index in [0.717, 1.165) is 33.3 Å². The largest absolute Gasteiger partial charge is 0.455 e. The maximum atomic E-state index is 6.73. The maximum Gasteiger partial charge on any atom is 0.143 e. The third-order valence-electron chi connectivity index (χ3n) is 10.6. The molecule has 1 atom stereocenters. The van der Waals surface area contributed by atoms with Crippen molar-refractivity contribution in [2.45, 2.75) is 5.41 Å². The molecule has 48 heavy (non-hydrogen) atoms. The van der Waals surface area contributed by atoms with Gasteiger partial charge in [0.15, 0.2) is 0 Å². The van der Waals surface area contributed by atoms with Crippen LogP contribution in [0.3, 0.4) is 0 Å². The number of hydrogen-bond acceptors (Lipinski definition) is 3. The van der Waals surface area contributed by atoms with Crippen molar-refractivity contribution in [2.75, 3.05) is 4.90 Å². The lowest BCUT2D eigenvalue weighted by atomic mass is 9.70. The molecule has 2 aliphatic rings. The van der Waals surface area contributed by atoms with E-state index in [0.29, 0.717) is 0 Å². The number of anilines is 3. The van der Waals surface area contributed by atoms with Crippen LogP contribution in [-0.4, -0.2) is 0 Å². The van der Waals surface area contributed by atoms with Crippen LogP contribution in [0.5, 0.6) is 0 Å². The molecular formula is C45H27NOS. The topological polar surface area (TPSA) is 16.4 Å². The Hall–Kier alpha value is -5.90. The number of fused-ring (bicyclic) bond motifs is 15. The van der Waals surface area contributed by atoms with Crippen LogP contribution in [0.4, 0.5) is 16.4 Å². The van der Waals surface area contributed by atoms with Crippen molar-refractivity contribution in [1.29, 1.82) is 0 Å². The molecule has 2 aromatic heterocycles. The summed E-state index contributed by atoms with van der Waals surface area (Å²) in [5.74, 6) is 0. The average molecular weight is 630 g/mol. The van der Waals surface area contributed by atoms with E-state index in [2.05, 4.69) is 168 Å². The lowest BCUT2D eigenvalue weighted by molar-refractivity contribution is 0.669. The Morgan fingerprint density at radius 2 is 1.19 bits per heavy atom. The molecular weight excluding hydrogens is 603 g/mol. The van der Waals surface area contributed by atoms with Gasteiger partial charge in [0.1, 0.15) is 11.2 Å². The number of benzene rings is 7. The number of thiophene rings is 1. The number of furan rings is 1. The van der Waals surface area contributed by atoms with Crippen LogP contribution in [0.25, 0.3) is 55.0 Å². The molecule has 224 valence electrons.